The zero-order chi connectivity index (χ0) is 13.5. The van der Waals surface area contributed by atoms with Gasteiger partial charge in [0.25, 0.3) is 0 Å². The van der Waals surface area contributed by atoms with Gasteiger partial charge in [0.05, 0.1) is 5.69 Å². The summed E-state index contributed by atoms with van der Waals surface area (Å²) in [6.07, 6.45) is -4.53. The number of anilines is 1. The normalized spacial score (nSPS) is 11.8. The third-order valence-corrected chi connectivity index (χ3v) is 2.90. The number of benzene rings is 1. The average molecular weight is 276 g/mol. The summed E-state index contributed by atoms with van der Waals surface area (Å²) in [6.45, 7) is 1.62. The zero-order valence-electron chi connectivity index (χ0n) is 9.29. The summed E-state index contributed by atoms with van der Waals surface area (Å²) in [5.41, 5.74) is 5.17. The lowest BCUT2D eigenvalue weighted by molar-refractivity contribution is -0.142. The number of aromatic nitrogens is 2. The molecule has 0 atom stereocenters. The van der Waals surface area contributed by atoms with Crippen molar-refractivity contribution in [1.82, 2.24) is 9.78 Å². The number of hydrogen-bond donors (Lipinski definition) is 1. The van der Waals surface area contributed by atoms with Gasteiger partial charge in [-0.3, -0.25) is 0 Å². The van der Waals surface area contributed by atoms with Crippen LogP contribution < -0.4 is 5.73 Å². The van der Waals surface area contributed by atoms with Crippen LogP contribution in [0.25, 0.3) is 5.69 Å². The van der Waals surface area contributed by atoms with Crippen LogP contribution in [0.2, 0.25) is 5.02 Å². The first-order valence-corrected chi connectivity index (χ1v) is 5.36. The van der Waals surface area contributed by atoms with E-state index in [-0.39, 0.29) is 11.5 Å². The highest BCUT2D eigenvalue weighted by Gasteiger charge is 2.36. The number of rotatable bonds is 1. The van der Waals surface area contributed by atoms with Gasteiger partial charge in [0.1, 0.15) is 11.5 Å². The molecule has 96 valence electrons. The first kappa shape index (κ1) is 12.8. The third kappa shape index (κ3) is 2.15. The smallest absolute Gasteiger partial charge is 0.382 e. The summed E-state index contributed by atoms with van der Waals surface area (Å²) >= 11 is 5.88. The fourth-order valence-corrected chi connectivity index (χ4v) is 1.78. The van der Waals surface area contributed by atoms with Crippen LogP contribution in [0, 0.1) is 6.92 Å². The van der Waals surface area contributed by atoms with Crippen molar-refractivity contribution in [2.75, 3.05) is 5.73 Å². The highest BCUT2D eigenvalue weighted by molar-refractivity contribution is 6.31. The minimum atomic E-state index is -4.53. The van der Waals surface area contributed by atoms with Gasteiger partial charge in [0.2, 0.25) is 0 Å². The maximum atomic E-state index is 12.8. The number of alkyl halides is 3. The maximum Gasteiger partial charge on any atom is 0.433 e. The minimum absolute atomic E-state index is 0.193. The van der Waals surface area contributed by atoms with Crippen molar-refractivity contribution in [3.05, 3.63) is 40.5 Å². The molecule has 3 nitrogen and oxygen atoms in total. The van der Waals surface area contributed by atoms with Crippen molar-refractivity contribution in [3.8, 4) is 5.69 Å². The molecule has 2 N–H and O–H groups in total. The van der Waals surface area contributed by atoms with Crippen LogP contribution in [-0.2, 0) is 6.18 Å². The Morgan fingerprint density at radius 3 is 2.61 bits per heavy atom. The molecule has 2 rings (SSSR count). The molecule has 0 spiro atoms. The predicted octanol–water partition coefficient (Wildman–Crippen LogP) is 3.44. The molecule has 7 heteroatoms. The third-order valence-electron chi connectivity index (χ3n) is 2.49. The molecule has 1 heterocycles. The maximum absolute atomic E-state index is 12.8. The number of nitrogens with zero attached hydrogens (tertiary/aromatic N) is 2. The van der Waals surface area contributed by atoms with Gasteiger partial charge in [0, 0.05) is 11.1 Å². The lowest BCUT2D eigenvalue weighted by Gasteiger charge is -2.12. The van der Waals surface area contributed by atoms with Gasteiger partial charge in [-0.1, -0.05) is 17.7 Å². The van der Waals surface area contributed by atoms with Crippen molar-refractivity contribution in [2.24, 2.45) is 0 Å². The van der Waals surface area contributed by atoms with E-state index in [4.69, 9.17) is 17.3 Å². The molecule has 0 aliphatic heterocycles. The molecule has 0 bridgehead atoms. The average Bonchev–Trinajstić information content (AvgIpc) is 2.64. The molecule has 1 aromatic heterocycles. The Hall–Kier alpha value is -1.69. The van der Waals surface area contributed by atoms with E-state index < -0.39 is 11.9 Å². The van der Waals surface area contributed by atoms with E-state index in [1.807, 2.05) is 0 Å². The topological polar surface area (TPSA) is 43.8 Å². The number of nitrogen functional groups attached to an aromatic ring is 1. The minimum Gasteiger partial charge on any atom is -0.382 e. The Labute approximate surface area is 106 Å². The van der Waals surface area contributed by atoms with Crippen LogP contribution in [0.4, 0.5) is 19.0 Å². The van der Waals surface area contributed by atoms with Crippen LogP contribution in [-0.4, -0.2) is 9.78 Å². The number of hydrogen-bond acceptors (Lipinski definition) is 2. The van der Waals surface area contributed by atoms with E-state index in [9.17, 15) is 13.2 Å². The summed E-state index contributed by atoms with van der Waals surface area (Å²) in [7, 11) is 0. The largest absolute Gasteiger partial charge is 0.433 e. The molecule has 18 heavy (non-hydrogen) atoms. The van der Waals surface area contributed by atoms with Gasteiger partial charge >= 0.3 is 6.18 Å². The fraction of sp³-hybridized carbons (Fsp3) is 0.182. The SMILES string of the molecule is Cc1c(Cl)cccc1-n1nc(N)cc1C(F)(F)F. The number of halogens is 4. The molecular weight excluding hydrogens is 267 g/mol. The molecule has 0 unspecified atom stereocenters. The molecule has 0 radical (unpaired) electrons. The van der Waals surface area contributed by atoms with E-state index in [0.717, 1.165) is 10.7 Å². The lowest BCUT2D eigenvalue weighted by atomic mass is 10.2. The molecule has 2 aromatic rings. The first-order chi connectivity index (χ1) is 8.30. The van der Waals surface area contributed by atoms with Gasteiger partial charge in [-0.2, -0.15) is 18.3 Å². The Balaban J connectivity index is 2.68. The van der Waals surface area contributed by atoms with Crippen LogP contribution in [0.5, 0.6) is 0 Å². The Morgan fingerprint density at radius 2 is 2.00 bits per heavy atom. The first-order valence-electron chi connectivity index (χ1n) is 4.99. The van der Waals surface area contributed by atoms with Crippen molar-refractivity contribution in [3.63, 3.8) is 0 Å². The second kappa shape index (κ2) is 4.20. The Kier molecular flexibility index (Phi) is 2.98. The highest BCUT2D eigenvalue weighted by Crippen LogP contribution is 2.33. The highest BCUT2D eigenvalue weighted by atomic mass is 35.5. The van der Waals surface area contributed by atoms with E-state index in [1.54, 1.807) is 19.1 Å². The quantitative estimate of drug-likeness (QED) is 0.866. The molecule has 0 saturated carbocycles. The molecule has 0 aliphatic carbocycles. The summed E-state index contributed by atoms with van der Waals surface area (Å²) in [6, 6.07) is 5.45. The monoisotopic (exact) mass is 275 g/mol. The van der Waals surface area contributed by atoms with Crippen molar-refractivity contribution in [2.45, 2.75) is 13.1 Å². The van der Waals surface area contributed by atoms with Crippen molar-refractivity contribution in [1.29, 1.82) is 0 Å². The van der Waals surface area contributed by atoms with Crippen molar-refractivity contribution >= 4 is 17.4 Å². The summed E-state index contributed by atoms with van der Waals surface area (Å²) in [4.78, 5) is 0. The summed E-state index contributed by atoms with van der Waals surface area (Å²) in [5, 5.41) is 4.04. The zero-order valence-corrected chi connectivity index (χ0v) is 10.0. The van der Waals surface area contributed by atoms with Crippen LogP contribution in [0.1, 0.15) is 11.3 Å². The van der Waals surface area contributed by atoms with Gasteiger partial charge in [0.15, 0.2) is 0 Å². The van der Waals surface area contributed by atoms with Crippen LogP contribution in [0.15, 0.2) is 24.3 Å². The second-order valence-electron chi connectivity index (χ2n) is 3.75. The second-order valence-corrected chi connectivity index (χ2v) is 4.16. The Morgan fingerprint density at radius 1 is 1.33 bits per heavy atom. The molecule has 0 aliphatic rings. The lowest BCUT2D eigenvalue weighted by Crippen LogP contribution is -2.14. The molecule has 0 fully saturated rings. The molecule has 0 amide bonds. The van der Waals surface area contributed by atoms with Crippen molar-refractivity contribution < 1.29 is 13.2 Å². The van der Waals surface area contributed by atoms with Crippen LogP contribution >= 0.6 is 11.6 Å². The number of nitrogens with two attached hydrogens (primary N) is 1. The van der Waals surface area contributed by atoms with E-state index in [1.165, 1.54) is 6.07 Å². The van der Waals surface area contributed by atoms with Gasteiger partial charge < -0.3 is 5.73 Å². The molecule has 1 aromatic carbocycles. The fourth-order valence-electron chi connectivity index (χ4n) is 1.61. The van der Waals surface area contributed by atoms with Gasteiger partial charge in [-0.15, -0.1) is 0 Å². The van der Waals surface area contributed by atoms with E-state index >= 15 is 0 Å². The van der Waals surface area contributed by atoms with Gasteiger partial charge in [-0.25, -0.2) is 4.68 Å². The summed E-state index contributed by atoms with van der Waals surface area (Å²) in [5.74, 6) is -0.193. The molecular formula is C11H9ClF3N3. The van der Waals surface area contributed by atoms with Crippen LogP contribution in [0.3, 0.4) is 0 Å². The standard InChI is InChI=1S/C11H9ClF3N3/c1-6-7(12)3-2-4-8(6)18-9(11(13,14)15)5-10(16)17-18/h2-5H,1H3,(H2,16,17). The Bertz CT molecular complexity index is 590. The van der Waals surface area contributed by atoms with Gasteiger partial charge in [-0.05, 0) is 24.6 Å². The predicted molar refractivity (Wildman–Crippen MR) is 62.7 cm³/mol. The molecule has 0 saturated heterocycles. The summed E-state index contributed by atoms with van der Waals surface area (Å²) < 4.78 is 39.3. The van der Waals surface area contributed by atoms with E-state index in [0.29, 0.717) is 10.6 Å². The van der Waals surface area contributed by atoms with E-state index in [2.05, 4.69) is 5.10 Å².